The van der Waals surface area contributed by atoms with Gasteiger partial charge in [-0.25, -0.2) is 4.98 Å². The number of hydrogen-bond acceptors (Lipinski definition) is 2. The van der Waals surface area contributed by atoms with Crippen molar-refractivity contribution in [3.8, 4) is 0 Å². The molecule has 3 rings (SSSR count). The standard InChI is InChI=1S/C18H23N3/c1-2-4-16(5-3-1)12-20-13-17-6-8-18(9-7-17)14-21-11-10-19-15-21/h1-2,6-11,15-16,20H,3-5,12-14H2. The van der Waals surface area contributed by atoms with Gasteiger partial charge >= 0.3 is 0 Å². The Labute approximate surface area is 126 Å². The van der Waals surface area contributed by atoms with Gasteiger partial charge in [0.2, 0.25) is 0 Å². The molecule has 110 valence electrons. The lowest BCUT2D eigenvalue weighted by Gasteiger charge is -2.18. The van der Waals surface area contributed by atoms with E-state index in [0.29, 0.717) is 0 Å². The van der Waals surface area contributed by atoms with Crippen molar-refractivity contribution in [1.82, 2.24) is 14.9 Å². The fourth-order valence-corrected chi connectivity index (χ4v) is 2.82. The highest BCUT2D eigenvalue weighted by molar-refractivity contribution is 5.22. The van der Waals surface area contributed by atoms with Gasteiger partial charge in [0.1, 0.15) is 0 Å². The van der Waals surface area contributed by atoms with E-state index in [1.165, 1.54) is 30.4 Å². The average Bonchev–Trinajstić information content (AvgIpc) is 3.03. The van der Waals surface area contributed by atoms with Crippen molar-refractivity contribution in [3.05, 3.63) is 66.3 Å². The van der Waals surface area contributed by atoms with Crippen LogP contribution in [0.15, 0.2) is 55.1 Å². The first-order valence-electron chi connectivity index (χ1n) is 7.79. The molecule has 1 unspecified atom stereocenters. The van der Waals surface area contributed by atoms with Gasteiger partial charge in [-0.2, -0.15) is 0 Å². The minimum atomic E-state index is 0.815. The van der Waals surface area contributed by atoms with Crippen LogP contribution in [-0.2, 0) is 13.1 Å². The maximum Gasteiger partial charge on any atom is 0.0949 e. The lowest BCUT2D eigenvalue weighted by molar-refractivity contribution is 0.440. The van der Waals surface area contributed by atoms with E-state index in [9.17, 15) is 0 Å². The number of nitrogens with one attached hydrogen (secondary N) is 1. The summed E-state index contributed by atoms with van der Waals surface area (Å²) in [6.45, 7) is 2.98. The summed E-state index contributed by atoms with van der Waals surface area (Å²) in [5, 5.41) is 3.59. The van der Waals surface area contributed by atoms with Crippen LogP contribution in [0.2, 0.25) is 0 Å². The Morgan fingerprint density at radius 3 is 2.71 bits per heavy atom. The summed E-state index contributed by atoms with van der Waals surface area (Å²) in [4.78, 5) is 4.07. The van der Waals surface area contributed by atoms with Gasteiger partial charge in [-0.3, -0.25) is 0 Å². The molecule has 1 N–H and O–H groups in total. The van der Waals surface area contributed by atoms with Crippen LogP contribution in [-0.4, -0.2) is 16.1 Å². The highest BCUT2D eigenvalue weighted by Crippen LogP contribution is 2.17. The second-order valence-electron chi connectivity index (χ2n) is 5.83. The Hall–Kier alpha value is -1.87. The Bertz CT molecular complexity index is 555. The number of benzene rings is 1. The lowest BCUT2D eigenvalue weighted by atomic mass is 9.94. The average molecular weight is 281 g/mol. The van der Waals surface area contributed by atoms with E-state index < -0.39 is 0 Å². The van der Waals surface area contributed by atoms with Crippen molar-refractivity contribution in [1.29, 1.82) is 0 Å². The van der Waals surface area contributed by atoms with Gasteiger partial charge < -0.3 is 9.88 Å². The molecule has 2 aromatic rings. The van der Waals surface area contributed by atoms with Gasteiger partial charge in [0.25, 0.3) is 0 Å². The number of hydrogen-bond donors (Lipinski definition) is 1. The summed E-state index contributed by atoms with van der Waals surface area (Å²) in [6.07, 6.45) is 14.1. The minimum absolute atomic E-state index is 0.815. The fraction of sp³-hybridized carbons (Fsp3) is 0.389. The molecule has 0 spiro atoms. The molecular formula is C18H23N3. The first-order valence-corrected chi connectivity index (χ1v) is 7.79. The molecule has 0 radical (unpaired) electrons. The quantitative estimate of drug-likeness (QED) is 0.823. The third-order valence-corrected chi connectivity index (χ3v) is 4.09. The molecule has 0 saturated carbocycles. The molecule has 1 aliphatic rings. The molecule has 0 bridgehead atoms. The molecule has 3 nitrogen and oxygen atoms in total. The smallest absolute Gasteiger partial charge is 0.0949 e. The maximum absolute atomic E-state index is 4.07. The highest BCUT2D eigenvalue weighted by atomic mass is 15.0. The largest absolute Gasteiger partial charge is 0.333 e. The molecule has 1 aliphatic carbocycles. The Balaban J connectivity index is 1.44. The summed E-state index contributed by atoms with van der Waals surface area (Å²) < 4.78 is 2.09. The molecule has 0 fully saturated rings. The predicted octanol–water partition coefficient (Wildman–Crippen LogP) is 3.38. The number of rotatable bonds is 6. The zero-order valence-corrected chi connectivity index (χ0v) is 12.4. The molecule has 1 aromatic carbocycles. The van der Waals surface area contributed by atoms with Gasteiger partial charge in [0.15, 0.2) is 0 Å². The Morgan fingerprint density at radius 2 is 2.00 bits per heavy atom. The zero-order chi connectivity index (χ0) is 14.3. The van der Waals surface area contributed by atoms with E-state index >= 15 is 0 Å². The molecule has 1 atom stereocenters. The van der Waals surface area contributed by atoms with Crippen LogP contribution in [0.5, 0.6) is 0 Å². The Kier molecular flexibility index (Phi) is 4.85. The topological polar surface area (TPSA) is 29.9 Å². The molecule has 0 aliphatic heterocycles. The van der Waals surface area contributed by atoms with E-state index in [4.69, 9.17) is 0 Å². The first-order chi connectivity index (χ1) is 10.4. The van der Waals surface area contributed by atoms with Crippen molar-refractivity contribution >= 4 is 0 Å². The number of imidazole rings is 1. The van der Waals surface area contributed by atoms with Gasteiger partial charge in [-0.1, -0.05) is 36.4 Å². The molecule has 1 heterocycles. The van der Waals surface area contributed by atoms with E-state index in [0.717, 1.165) is 25.6 Å². The molecule has 21 heavy (non-hydrogen) atoms. The van der Waals surface area contributed by atoms with E-state index in [-0.39, 0.29) is 0 Å². The van der Waals surface area contributed by atoms with Gasteiger partial charge in [-0.05, 0) is 42.9 Å². The lowest BCUT2D eigenvalue weighted by Crippen LogP contribution is -2.23. The maximum atomic E-state index is 4.07. The van der Waals surface area contributed by atoms with E-state index in [1.807, 2.05) is 18.7 Å². The normalized spacial score (nSPS) is 18.0. The number of nitrogens with zero attached hydrogens (tertiary/aromatic N) is 2. The first kappa shape index (κ1) is 14.1. The summed E-state index contributed by atoms with van der Waals surface area (Å²) >= 11 is 0. The van der Waals surface area contributed by atoms with Gasteiger partial charge in [-0.15, -0.1) is 0 Å². The van der Waals surface area contributed by atoms with E-state index in [1.54, 1.807) is 0 Å². The molecular weight excluding hydrogens is 258 g/mol. The monoisotopic (exact) mass is 281 g/mol. The third-order valence-electron chi connectivity index (χ3n) is 4.09. The van der Waals surface area contributed by atoms with Crippen LogP contribution in [0.1, 0.15) is 30.4 Å². The van der Waals surface area contributed by atoms with Crippen molar-refractivity contribution in [2.24, 2.45) is 5.92 Å². The number of allylic oxidation sites excluding steroid dienone is 2. The second kappa shape index (κ2) is 7.23. The van der Waals surface area contributed by atoms with Crippen molar-refractivity contribution in [2.45, 2.75) is 32.4 Å². The molecule has 3 heteroatoms. The van der Waals surface area contributed by atoms with Crippen LogP contribution < -0.4 is 5.32 Å². The highest BCUT2D eigenvalue weighted by Gasteiger charge is 2.08. The third kappa shape index (κ3) is 4.30. The van der Waals surface area contributed by atoms with Crippen molar-refractivity contribution in [2.75, 3.05) is 6.54 Å². The summed E-state index contributed by atoms with van der Waals surface area (Å²) in [5.74, 6) is 0.815. The second-order valence-corrected chi connectivity index (χ2v) is 5.83. The molecule has 1 aromatic heterocycles. The zero-order valence-electron chi connectivity index (χ0n) is 12.4. The summed E-state index contributed by atoms with van der Waals surface area (Å²) in [5.41, 5.74) is 2.67. The summed E-state index contributed by atoms with van der Waals surface area (Å²) in [7, 11) is 0. The van der Waals surface area contributed by atoms with Gasteiger partial charge in [0.05, 0.1) is 6.33 Å². The fourth-order valence-electron chi connectivity index (χ4n) is 2.82. The van der Waals surface area contributed by atoms with Crippen LogP contribution in [0.3, 0.4) is 0 Å². The SMILES string of the molecule is C1=CCC(CNCc2ccc(Cn3ccnc3)cc2)CC1. The van der Waals surface area contributed by atoms with Crippen LogP contribution >= 0.6 is 0 Å². The predicted molar refractivity (Wildman–Crippen MR) is 86.0 cm³/mol. The van der Waals surface area contributed by atoms with Crippen LogP contribution in [0, 0.1) is 5.92 Å². The summed E-state index contributed by atoms with van der Waals surface area (Å²) in [6, 6.07) is 8.86. The van der Waals surface area contributed by atoms with Crippen LogP contribution in [0.4, 0.5) is 0 Å². The van der Waals surface area contributed by atoms with E-state index in [2.05, 4.69) is 51.3 Å². The minimum Gasteiger partial charge on any atom is -0.333 e. The van der Waals surface area contributed by atoms with Crippen LogP contribution in [0.25, 0.3) is 0 Å². The van der Waals surface area contributed by atoms with Crippen molar-refractivity contribution < 1.29 is 0 Å². The van der Waals surface area contributed by atoms with Gasteiger partial charge in [0, 0.05) is 25.5 Å². The van der Waals surface area contributed by atoms with Crippen molar-refractivity contribution in [3.63, 3.8) is 0 Å². The number of aromatic nitrogens is 2. The molecule has 0 saturated heterocycles. The Morgan fingerprint density at radius 1 is 1.14 bits per heavy atom. The molecule has 0 amide bonds.